The van der Waals surface area contributed by atoms with E-state index in [1.54, 1.807) is 12.3 Å². The van der Waals surface area contributed by atoms with Crippen molar-refractivity contribution in [3.8, 4) is 0 Å². The molecule has 2 atom stereocenters. The van der Waals surface area contributed by atoms with E-state index in [4.69, 9.17) is 28.2 Å². The fourth-order valence-corrected chi connectivity index (χ4v) is 7.32. The van der Waals surface area contributed by atoms with E-state index < -0.39 is 10.9 Å². The molecule has 0 amide bonds. The van der Waals surface area contributed by atoms with Crippen molar-refractivity contribution in [3.05, 3.63) is 72.6 Å². The monoisotopic (exact) mass is 624 g/mol. The van der Waals surface area contributed by atoms with E-state index in [1.807, 2.05) is 12.1 Å². The number of nitrogens with one attached hydrogen (secondary N) is 2. The summed E-state index contributed by atoms with van der Waals surface area (Å²) < 4.78 is 0. The molecule has 1 aliphatic carbocycles. The highest BCUT2D eigenvalue weighted by Crippen LogP contribution is 2.35. The lowest BCUT2D eigenvalue weighted by molar-refractivity contribution is 0.0470. The fourth-order valence-electron chi connectivity index (χ4n) is 6.91. The SMILES string of the molecule is CCCC(c1ccc(Cl)cc1)N1CCC(N2CCN(c3ncc(Nc4c(NC5CC5)c(=O)c4=O)cc3Cl)CC2CC)CC1. The normalized spacial score (nSPS) is 21.3. The first-order valence-corrected chi connectivity index (χ1v) is 16.6. The van der Waals surface area contributed by atoms with Crippen LogP contribution in [0, 0.1) is 0 Å². The van der Waals surface area contributed by atoms with E-state index >= 15 is 0 Å². The van der Waals surface area contributed by atoms with Gasteiger partial charge in [0.25, 0.3) is 10.9 Å². The summed E-state index contributed by atoms with van der Waals surface area (Å²) in [5, 5.41) is 7.57. The summed E-state index contributed by atoms with van der Waals surface area (Å²) in [6.07, 6.45) is 9.50. The lowest BCUT2D eigenvalue weighted by Gasteiger charge is -2.48. The molecule has 230 valence electrons. The average Bonchev–Trinajstić information content (AvgIpc) is 3.86. The van der Waals surface area contributed by atoms with Crippen LogP contribution < -0.4 is 26.4 Å². The van der Waals surface area contributed by atoms with Crippen LogP contribution in [0.25, 0.3) is 0 Å². The first-order chi connectivity index (χ1) is 20.9. The van der Waals surface area contributed by atoms with Crippen LogP contribution in [-0.2, 0) is 0 Å². The third-order valence-electron chi connectivity index (χ3n) is 9.45. The van der Waals surface area contributed by atoms with E-state index in [-0.39, 0.29) is 6.04 Å². The molecule has 1 saturated carbocycles. The number of pyridine rings is 1. The molecule has 0 spiro atoms. The van der Waals surface area contributed by atoms with Crippen LogP contribution in [0.2, 0.25) is 10.0 Å². The molecule has 10 heteroatoms. The molecule has 2 N–H and O–H groups in total. The number of piperidine rings is 1. The number of benzene rings is 1. The van der Waals surface area contributed by atoms with Gasteiger partial charge in [0.15, 0.2) is 0 Å². The Kier molecular flexibility index (Phi) is 9.29. The number of rotatable bonds is 11. The molecule has 0 bridgehead atoms. The number of nitrogens with zero attached hydrogens (tertiary/aromatic N) is 4. The minimum Gasteiger partial charge on any atom is -0.377 e. The van der Waals surface area contributed by atoms with E-state index in [2.05, 4.69) is 51.3 Å². The summed E-state index contributed by atoms with van der Waals surface area (Å²) in [6, 6.07) is 12.0. The molecule has 2 aromatic carbocycles. The molecule has 6 rings (SSSR count). The molecule has 43 heavy (non-hydrogen) atoms. The third kappa shape index (κ3) is 6.58. The van der Waals surface area contributed by atoms with Gasteiger partial charge >= 0.3 is 0 Å². The molecule has 3 heterocycles. The van der Waals surface area contributed by atoms with Crippen molar-refractivity contribution < 1.29 is 0 Å². The second-order valence-corrected chi connectivity index (χ2v) is 13.2. The highest BCUT2D eigenvalue weighted by molar-refractivity contribution is 6.33. The minimum absolute atomic E-state index is 0.290. The van der Waals surface area contributed by atoms with Crippen LogP contribution in [0.3, 0.4) is 0 Å². The summed E-state index contributed by atoms with van der Waals surface area (Å²) in [5.74, 6) is 0.770. The van der Waals surface area contributed by atoms with Crippen LogP contribution in [0.15, 0.2) is 46.1 Å². The highest BCUT2D eigenvalue weighted by Gasteiger charge is 2.35. The van der Waals surface area contributed by atoms with Crippen molar-refractivity contribution in [1.29, 1.82) is 0 Å². The fraction of sp³-hybridized carbons (Fsp3) is 0.545. The van der Waals surface area contributed by atoms with Gasteiger partial charge in [0.1, 0.15) is 17.2 Å². The van der Waals surface area contributed by atoms with Crippen LogP contribution in [0.1, 0.15) is 70.4 Å². The van der Waals surface area contributed by atoms with Gasteiger partial charge in [-0.2, -0.15) is 0 Å². The smallest absolute Gasteiger partial charge is 0.253 e. The molecular weight excluding hydrogens is 583 g/mol. The molecule has 3 fully saturated rings. The molecular formula is C33H42Cl2N6O2. The topological polar surface area (TPSA) is 80.8 Å². The van der Waals surface area contributed by atoms with Crippen LogP contribution in [0.4, 0.5) is 22.9 Å². The summed E-state index contributed by atoms with van der Waals surface area (Å²) in [7, 11) is 0. The third-order valence-corrected chi connectivity index (χ3v) is 9.98. The summed E-state index contributed by atoms with van der Waals surface area (Å²) >= 11 is 12.9. The van der Waals surface area contributed by atoms with Gasteiger partial charge in [0, 0.05) is 61.9 Å². The lowest BCUT2D eigenvalue weighted by atomic mass is 9.94. The van der Waals surface area contributed by atoms with Crippen molar-refractivity contribution >= 4 is 46.1 Å². The van der Waals surface area contributed by atoms with Gasteiger partial charge in [0.05, 0.1) is 16.9 Å². The van der Waals surface area contributed by atoms with Crippen LogP contribution >= 0.6 is 23.2 Å². The van der Waals surface area contributed by atoms with Crippen molar-refractivity contribution in [2.24, 2.45) is 0 Å². The number of halogens is 2. The zero-order chi connectivity index (χ0) is 30.1. The van der Waals surface area contributed by atoms with Gasteiger partial charge in [-0.1, -0.05) is 55.6 Å². The molecule has 3 aromatic rings. The Hall–Kier alpha value is -2.65. The Bertz CT molecular complexity index is 1480. The van der Waals surface area contributed by atoms with Gasteiger partial charge in [0.2, 0.25) is 0 Å². The average molecular weight is 626 g/mol. The standard InChI is InChI=1S/C33H42Cl2N6O2/c1-3-5-28(21-6-8-22(34)9-7-21)39-14-12-26(13-15-39)41-17-16-40(20-25(41)4-2)33-27(35)18-24(19-36-33)38-30-29(31(42)32(30)43)37-23-10-11-23/h6-9,18-19,23,25-26,28,37-38H,3-5,10-17,20H2,1-2H3. The second kappa shape index (κ2) is 13.1. The first-order valence-electron chi connectivity index (χ1n) is 15.9. The first kappa shape index (κ1) is 30.4. The number of hydrogen-bond acceptors (Lipinski definition) is 8. The Balaban J connectivity index is 1.06. The van der Waals surface area contributed by atoms with E-state index in [9.17, 15) is 9.59 Å². The van der Waals surface area contributed by atoms with Gasteiger partial charge < -0.3 is 15.5 Å². The molecule has 0 radical (unpaired) electrons. The largest absolute Gasteiger partial charge is 0.377 e. The summed E-state index contributed by atoms with van der Waals surface area (Å²) in [4.78, 5) is 36.6. The van der Waals surface area contributed by atoms with Crippen molar-refractivity contribution in [2.45, 2.75) is 83.0 Å². The number of aromatic nitrogens is 1. The zero-order valence-corrected chi connectivity index (χ0v) is 26.6. The quantitative estimate of drug-likeness (QED) is 0.244. The van der Waals surface area contributed by atoms with Gasteiger partial charge in [-0.05, 0) is 62.3 Å². The highest BCUT2D eigenvalue weighted by atomic mass is 35.5. The van der Waals surface area contributed by atoms with Crippen molar-refractivity contribution in [1.82, 2.24) is 14.8 Å². The van der Waals surface area contributed by atoms with Gasteiger partial charge in [-0.3, -0.25) is 19.4 Å². The molecule has 2 aliphatic heterocycles. The van der Waals surface area contributed by atoms with Crippen molar-refractivity contribution in [2.75, 3.05) is 48.3 Å². The number of hydrogen-bond donors (Lipinski definition) is 2. The van der Waals surface area contributed by atoms with Crippen LogP contribution in [-0.4, -0.2) is 65.6 Å². The van der Waals surface area contributed by atoms with Crippen LogP contribution in [0.5, 0.6) is 0 Å². The molecule has 2 saturated heterocycles. The van der Waals surface area contributed by atoms with Crippen molar-refractivity contribution in [3.63, 3.8) is 0 Å². The Labute approximate surface area is 264 Å². The molecule has 8 nitrogen and oxygen atoms in total. The van der Waals surface area contributed by atoms with Gasteiger partial charge in [-0.15, -0.1) is 0 Å². The lowest BCUT2D eigenvalue weighted by Crippen LogP contribution is -2.58. The molecule has 2 unspecified atom stereocenters. The summed E-state index contributed by atoms with van der Waals surface area (Å²) in [5.41, 5.74) is 1.71. The maximum Gasteiger partial charge on any atom is 0.253 e. The Morgan fingerprint density at radius 2 is 1.67 bits per heavy atom. The molecule has 1 aromatic heterocycles. The Morgan fingerprint density at radius 3 is 2.33 bits per heavy atom. The number of anilines is 4. The van der Waals surface area contributed by atoms with E-state index in [1.165, 1.54) is 18.4 Å². The maximum atomic E-state index is 12.2. The predicted molar refractivity (Wildman–Crippen MR) is 177 cm³/mol. The van der Waals surface area contributed by atoms with Gasteiger partial charge in [-0.25, -0.2) is 4.98 Å². The Morgan fingerprint density at radius 1 is 0.953 bits per heavy atom. The van der Waals surface area contributed by atoms with E-state index in [0.717, 1.165) is 75.7 Å². The minimum atomic E-state index is -0.498. The van der Waals surface area contributed by atoms with E-state index in [0.29, 0.717) is 40.2 Å². The maximum absolute atomic E-state index is 12.2. The predicted octanol–water partition coefficient (Wildman–Crippen LogP) is 6.21. The number of likely N-dealkylation sites (tertiary alicyclic amines) is 1. The zero-order valence-electron chi connectivity index (χ0n) is 25.1. The molecule has 3 aliphatic rings. The summed E-state index contributed by atoms with van der Waals surface area (Å²) in [6.45, 7) is 9.49. The number of piperazine rings is 1. The second-order valence-electron chi connectivity index (χ2n) is 12.4.